The second kappa shape index (κ2) is 6.26. The molecule has 0 unspecified atom stereocenters. The largest absolute Gasteiger partial charge is 0.462 e. The molecule has 6 heteroatoms. The minimum Gasteiger partial charge on any atom is -0.462 e. The van der Waals surface area contributed by atoms with E-state index < -0.39 is 0 Å². The smallest absolute Gasteiger partial charge is 0.336 e. The van der Waals surface area contributed by atoms with Gasteiger partial charge in [-0.3, -0.25) is 4.79 Å². The van der Waals surface area contributed by atoms with E-state index >= 15 is 0 Å². The minimum atomic E-state index is -0.386. The van der Waals surface area contributed by atoms with Crippen molar-refractivity contribution >= 4 is 5.91 Å². The van der Waals surface area contributed by atoms with Gasteiger partial charge in [0.1, 0.15) is 0 Å². The highest BCUT2D eigenvalue weighted by molar-refractivity contribution is 5.94. The van der Waals surface area contributed by atoms with Crippen LogP contribution >= 0.6 is 0 Å². The lowest BCUT2D eigenvalue weighted by Crippen LogP contribution is -2.14. The number of hydrogen-bond donors (Lipinski definition) is 0. The van der Waals surface area contributed by atoms with Crippen LogP contribution < -0.4 is 4.74 Å². The number of rotatable bonds is 5. The third kappa shape index (κ3) is 2.76. The Morgan fingerprint density at radius 2 is 2.05 bits per heavy atom. The fraction of sp³-hybridized carbons (Fsp3) is 0.188. The minimum absolute atomic E-state index is 0.181. The van der Waals surface area contributed by atoms with Gasteiger partial charge in [0.05, 0.1) is 12.9 Å². The number of furan rings is 1. The zero-order valence-electron chi connectivity index (χ0n) is 12.1. The number of hydrogen-bond acceptors (Lipinski definition) is 5. The molecule has 0 saturated carbocycles. The molecular weight excluding hydrogens is 282 g/mol. The van der Waals surface area contributed by atoms with Gasteiger partial charge < -0.3 is 9.15 Å². The van der Waals surface area contributed by atoms with Gasteiger partial charge in [-0.2, -0.15) is 9.67 Å². The molecule has 0 saturated heterocycles. The quantitative estimate of drug-likeness (QED) is 0.724. The molecule has 0 fully saturated rings. The topological polar surface area (TPSA) is 70.2 Å². The Balaban J connectivity index is 2.03. The Morgan fingerprint density at radius 3 is 2.73 bits per heavy atom. The van der Waals surface area contributed by atoms with Crippen LogP contribution in [-0.4, -0.2) is 27.3 Å². The highest BCUT2D eigenvalue weighted by Crippen LogP contribution is 2.21. The van der Waals surface area contributed by atoms with Gasteiger partial charge in [0.25, 0.3) is 0 Å². The van der Waals surface area contributed by atoms with Crippen molar-refractivity contribution in [2.45, 2.75) is 13.3 Å². The molecule has 3 aromatic rings. The second-order valence-electron chi connectivity index (χ2n) is 4.63. The lowest BCUT2D eigenvalue weighted by atomic mass is 10.2. The molecule has 0 aliphatic carbocycles. The van der Waals surface area contributed by atoms with Gasteiger partial charge in [0.15, 0.2) is 11.6 Å². The van der Waals surface area contributed by atoms with Gasteiger partial charge in [0, 0.05) is 5.56 Å². The highest BCUT2D eigenvalue weighted by Gasteiger charge is 2.21. The van der Waals surface area contributed by atoms with E-state index in [0.717, 1.165) is 12.0 Å². The summed E-state index contributed by atoms with van der Waals surface area (Å²) in [6.45, 7) is 2.48. The normalized spacial score (nSPS) is 10.6. The van der Waals surface area contributed by atoms with Crippen LogP contribution in [0.2, 0.25) is 0 Å². The molecule has 0 spiro atoms. The fourth-order valence-electron chi connectivity index (χ4n) is 1.97. The lowest BCUT2D eigenvalue weighted by molar-refractivity contribution is 0.0917. The number of carbonyl (C=O) groups excluding carboxylic acids is 1. The Morgan fingerprint density at radius 1 is 1.23 bits per heavy atom. The monoisotopic (exact) mass is 297 g/mol. The molecule has 2 heterocycles. The molecule has 0 radical (unpaired) electrons. The summed E-state index contributed by atoms with van der Waals surface area (Å²) in [5.41, 5.74) is 0.779. The summed E-state index contributed by atoms with van der Waals surface area (Å²) < 4.78 is 11.8. The zero-order valence-corrected chi connectivity index (χ0v) is 12.1. The van der Waals surface area contributed by atoms with E-state index in [2.05, 4.69) is 10.1 Å². The Bertz CT molecular complexity index is 748. The fourth-order valence-corrected chi connectivity index (χ4v) is 1.97. The van der Waals surface area contributed by atoms with Crippen LogP contribution in [0, 0.1) is 0 Å². The number of benzene rings is 1. The van der Waals surface area contributed by atoms with Crippen molar-refractivity contribution < 1.29 is 13.9 Å². The van der Waals surface area contributed by atoms with Gasteiger partial charge in [-0.05, 0) is 18.6 Å². The van der Waals surface area contributed by atoms with E-state index in [-0.39, 0.29) is 17.7 Å². The summed E-state index contributed by atoms with van der Waals surface area (Å²) in [6, 6.07) is 12.8. The third-order valence-electron chi connectivity index (χ3n) is 2.98. The van der Waals surface area contributed by atoms with Gasteiger partial charge >= 0.3 is 11.9 Å². The SMILES string of the molecule is CCCOc1nc(-c2ccccc2)n(C(=O)c2ccco2)n1. The van der Waals surface area contributed by atoms with Crippen molar-refractivity contribution in [2.24, 2.45) is 0 Å². The van der Waals surface area contributed by atoms with Crippen LogP contribution in [0.5, 0.6) is 6.01 Å². The predicted octanol–water partition coefficient (Wildman–Crippen LogP) is 3.02. The molecule has 6 nitrogen and oxygen atoms in total. The summed E-state index contributed by atoms with van der Waals surface area (Å²) in [4.78, 5) is 16.8. The predicted molar refractivity (Wildman–Crippen MR) is 79.7 cm³/mol. The van der Waals surface area contributed by atoms with E-state index in [9.17, 15) is 4.79 Å². The maximum Gasteiger partial charge on any atom is 0.336 e. The molecular formula is C16H15N3O3. The Hall–Kier alpha value is -2.89. The lowest BCUT2D eigenvalue weighted by Gasteiger charge is -2.01. The molecule has 22 heavy (non-hydrogen) atoms. The molecule has 0 atom stereocenters. The maximum atomic E-state index is 12.5. The average molecular weight is 297 g/mol. The van der Waals surface area contributed by atoms with E-state index in [0.29, 0.717) is 12.4 Å². The highest BCUT2D eigenvalue weighted by atomic mass is 16.5. The summed E-state index contributed by atoms with van der Waals surface area (Å²) in [5, 5.41) is 4.15. The van der Waals surface area contributed by atoms with Crippen LogP contribution in [0.1, 0.15) is 23.9 Å². The number of nitrogens with zero attached hydrogens (tertiary/aromatic N) is 3. The standard InChI is InChI=1S/C16H15N3O3/c1-2-10-22-16-17-14(12-7-4-3-5-8-12)19(18-16)15(20)13-9-6-11-21-13/h3-9,11H,2,10H2,1H3. The van der Waals surface area contributed by atoms with Crippen molar-refractivity contribution in [2.75, 3.05) is 6.61 Å². The van der Waals surface area contributed by atoms with Gasteiger partial charge in [-0.15, -0.1) is 5.10 Å². The van der Waals surface area contributed by atoms with Crippen molar-refractivity contribution in [1.29, 1.82) is 0 Å². The van der Waals surface area contributed by atoms with E-state index in [4.69, 9.17) is 9.15 Å². The number of aromatic nitrogens is 3. The first kappa shape index (κ1) is 14.1. The van der Waals surface area contributed by atoms with Gasteiger partial charge in [0.2, 0.25) is 0 Å². The van der Waals surface area contributed by atoms with Gasteiger partial charge in [-0.25, -0.2) is 0 Å². The van der Waals surface area contributed by atoms with E-state index in [1.165, 1.54) is 10.9 Å². The summed E-state index contributed by atoms with van der Waals surface area (Å²) in [7, 11) is 0. The summed E-state index contributed by atoms with van der Waals surface area (Å²) in [6.07, 6.45) is 2.28. The van der Waals surface area contributed by atoms with Crippen LogP contribution in [0.3, 0.4) is 0 Å². The third-order valence-corrected chi connectivity index (χ3v) is 2.98. The average Bonchev–Trinajstić information content (AvgIpc) is 3.23. The van der Waals surface area contributed by atoms with Crippen LogP contribution in [0.15, 0.2) is 53.1 Å². The molecule has 0 aliphatic heterocycles. The van der Waals surface area contributed by atoms with E-state index in [1.54, 1.807) is 12.1 Å². The second-order valence-corrected chi connectivity index (χ2v) is 4.63. The molecule has 0 N–H and O–H groups in total. The summed E-state index contributed by atoms with van der Waals surface area (Å²) in [5.74, 6) is 0.236. The maximum absolute atomic E-state index is 12.5. The number of ether oxygens (including phenoxy) is 1. The molecule has 112 valence electrons. The first-order valence-electron chi connectivity index (χ1n) is 7.03. The first-order chi connectivity index (χ1) is 10.8. The summed E-state index contributed by atoms with van der Waals surface area (Å²) >= 11 is 0. The van der Waals surface area contributed by atoms with Crippen molar-refractivity contribution in [3.63, 3.8) is 0 Å². The molecule has 0 bridgehead atoms. The van der Waals surface area contributed by atoms with Gasteiger partial charge in [-0.1, -0.05) is 37.3 Å². The Labute approximate surface area is 127 Å². The number of carbonyl (C=O) groups is 1. The molecule has 3 rings (SSSR count). The van der Waals surface area contributed by atoms with Crippen LogP contribution in [-0.2, 0) is 0 Å². The first-order valence-corrected chi connectivity index (χ1v) is 7.03. The van der Waals surface area contributed by atoms with Crippen molar-refractivity contribution in [1.82, 2.24) is 14.8 Å². The van der Waals surface area contributed by atoms with Crippen molar-refractivity contribution in [3.05, 3.63) is 54.5 Å². The zero-order chi connectivity index (χ0) is 15.4. The Kier molecular flexibility index (Phi) is 4.00. The van der Waals surface area contributed by atoms with E-state index in [1.807, 2.05) is 37.3 Å². The van der Waals surface area contributed by atoms with Crippen molar-refractivity contribution in [3.8, 4) is 17.4 Å². The van der Waals surface area contributed by atoms with Crippen LogP contribution in [0.25, 0.3) is 11.4 Å². The molecule has 1 aromatic carbocycles. The van der Waals surface area contributed by atoms with Crippen LogP contribution in [0.4, 0.5) is 0 Å². The molecule has 0 aliphatic rings. The molecule has 2 aromatic heterocycles. The molecule has 0 amide bonds.